The molecule has 1 atom stereocenters. The van der Waals surface area contributed by atoms with Gasteiger partial charge in [0.1, 0.15) is 0 Å². The second-order valence-corrected chi connectivity index (χ2v) is 4.99. The summed E-state index contributed by atoms with van der Waals surface area (Å²) in [5.41, 5.74) is 5.69. The molecule has 1 aliphatic rings. The fourth-order valence-electron chi connectivity index (χ4n) is 1.86. The summed E-state index contributed by atoms with van der Waals surface area (Å²) in [6.07, 6.45) is 5.36. The van der Waals surface area contributed by atoms with Gasteiger partial charge in [-0.3, -0.25) is 11.3 Å². The molecule has 3 N–H and O–H groups in total. The SMILES string of the molecule is Cc1cscc1C(CCC1CC1)NN. The summed E-state index contributed by atoms with van der Waals surface area (Å²) in [6, 6.07) is 0.363. The van der Waals surface area contributed by atoms with E-state index in [-0.39, 0.29) is 0 Å². The highest BCUT2D eigenvalue weighted by atomic mass is 32.1. The first-order chi connectivity index (χ1) is 6.81. The number of hydrazine groups is 1. The van der Waals surface area contributed by atoms with E-state index in [4.69, 9.17) is 5.84 Å². The average molecular weight is 210 g/mol. The third-order valence-electron chi connectivity index (χ3n) is 3.03. The molecule has 0 saturated heterocycles. The summed E-state index contributed by atoms with van der Waals surface area (Å²) in [5, 5.41) is 4.41. The number of rotatable bonds is 5. The van der Waals surface area contributed by atoms with Gasteiger partial charge >= 0.3 is 0 Å². The molecule has 0 aromatic carbocycles. The molecule has 14 heavy (non-hydrogen) atoms. The molecule has 1 aromatic rings. The van der Waals surface area contributed by atoms with E-state index in [0.29, 0.717) is 6.04 Å². The maximum absolute atomic E-state index is 5.59. The van der Waals surface area contributed by atoms with E-state index < -0.39 is 0 Å². The van der Waals surface area contributed by atoms with E-state index in [9.17, 15) is 0 Å². The quantitative estimate of drug-likeness (QED) is 0.579. The van der Waals surface area contributed by atoms with Gasteiger partial charge in [0.15, 0.2) is 0 Å². The molecule has 1 fully saturated rings. The van der Waals surface area contributed by atoms with Crippen molar-refractivity contribution in [2.75, 3.05) is 0 Å². The van der Waals surface area contributed by atoms with Crippen LogP contribution in [0.3, 0.4) is 0 Å². The Morgan fingerprint density at radius 2 is 2.36 bits per heavy atom. The zero-order chi connectivity index (χ0) is 9.97. The van der Waals surface area contributed by atoms with Crippen molar-refractivity contribution in [3.8, 4) is 0 Å². The van der Waals surface area contributed by atoms with E-state index in [1.807, 2.05) is 0 Å². The highest BCUT2D eigenvalue weighted by Gasteiger charge is 2.23. The monoisotopic (exact) mass is 210 g/mol. The minimum absolute atomic E-state index is 0.363. The molecule has 1 heterocycles. The van der Waals surface area contributed by atoms with Crippen molar-refractivity contribution in [1.82, 2.24) is 5.43 Å². The number of nitrogens with two attached hydrogens (primary N) is 1. The highest BCUT2D eigenvalue weighted by molar-refractivity contribution is 7.08. The van der Waals surface area contributed by atoms with Crippen molar-refractivity contribution in [3.05, 3.63) is 21.9 Å². The van der Waals surface area contributed by atoms with Gasteiger partial charge in [-0.25, -0.2) is 0 Å². The van der Waals surface area contributed by atoms with Crippen LogP contribution in [0.25, 0.3) is 0 Å². The van der Waals surface area contributed by atoms with Gasteiger partial charge in [-0.15, -0.1) is 0 Å². The maximum Gasteiger partial charge on any atom is 0.0470 e. The third kappa shape index (κ3) is 2.35. The van der Waals surface area contributed by atoms with Gasteiger partial charge in [0, 0.05) is 6.04 Å². The van der Waals surface area contributed by atoms with Gasteiger partial charge in [0.05, 0.1) is 0 Å². The smallest absolute Gasteiger partial charge is 0.0470 e. The zero-order valence-corrected chi connectivity index (χ0v) is 9.44. The van der Waals surface area contributed by atoms with Crippen LogP contribution in [-0.2, 0) is 0 Å². The molecular formula is C11H18N2S. The van der Waals surface area contributed by atoms with E-state index in [1.165, 1.54) is 36.8 Å². The fraction of sp³-hybridized carbons (Fsp3) is 0.636. The molecule has 1 aliphatic carbocycles. The second-order valence-electron chi connectivity index (χ2n) is 4.25. The third-order valence-corrected chi connectivity index (χ3v) is 3.91. The normalized spacial score (nSPS) is 18.4. The lowest BCUT2D eigenvalue weighted by Gasteiger charge is -2.15. The summed E-state index contributed by atoms with van der Waals surface area (Å²) >= 11 is 1.76. The van der Waals surface area contributed by atoms with Gasteiger partial charge in [-0.2, -0.15) is 11.3 Å². The lowest BCUT2D eigenvalue weighted by molar-refractivity contribution is 0.481. The van der Waals surface area contributed by atoms with E-state index >= 15 is 0 Å². The Bertz CT molecular complexity index is 291. The van der Waals surface area contributed by atoms with Crippen molar-refractivity contribution in [2.24, 2.45) is 11.8 Å². The Balaban J connectivity index is 1.93. The van der Waals surface area contributed by atoms with Crippen LogP contribution in [0.5, 0.6) is 0 Å². The summed E-state index contributed by atoms with van der Waals surface area (Å²) in [6.45, 7) is 2.16. The summed E-state index contributed by atoms with van der Waals surface area (Å²) in [7, 11) is 0. The Labute approximate surface area is 89.5 Å². The molecule has 2 rings (SSSR count). The molecule has 78 valence electrons. The number of nitrogens with one attached hydrogen (secondary N) is 1. The van der Waals surface area contributed by atoms with Gasteiger partial charge in [-0.05, 0) is 47.6 Å². The van der Waals surface area contributed by atoms with Crippen molar-refractivity contribution >= 4 is 11.3 Å². The highest BCUT2D eigenvalue weighted by Crippen LogP contribution is 2.36. The van der Waals surface area contributed by atoms with Gasteiger partial charge in [-0.1, -0.05) is 12.8 Å². The molecule has 0 bridgehead atoms. The zero-order valence-electron chi connectivity index (χ0n) is 8.62. The molecule has 1 saturated carbocycles. The minimum atomic E-state index is 0.363. The first-order valence-corrected chi connectivity index (χ1v) is 6.24. The van der Waals surface area contributed by atoms with Crippen molar-refractivity contribution in [3.63, 3.8) is 0 Å². The molecule has 0 radical (unpaired) electrons. The minimum Gasteiger partial charge on any atom is -0.271 e. The lowest BCUT2D eigenvalue weighted by atomic mass is 10.0. The second kappa shape index (κ2) is 4.43. The van der Waals surface area contributed by atoms with Gasteiger partial charge < -0.3 is 0 Å². The first kappa shape index (κ1) is 10.1. The van der Waals surface area contributed by atoms with Crippen LogP contribution in [0.1, 0.15) is 42.9 Å². The van der Waals surface area contributed by atoms with Crippen LogP contribution in [0.15, 0.2) is 10.8 Å². The first-order valence-electron chi connectivity index (χ1n) is 5.30. The Hall–Kier alpha value is -0.380. The van der Waals surface area contributed by atoms with Crippen LogP contribution in [-0.4, -0.2) is 0 Å². The summed E-state index contributed by atoms with van der Waals surface area (Å²) in [4.78, 5) is 0. The summed E-state index contributed by atoms with van der Waals surface area (Å²) in [5.74, 6) is 6.58. The molecule has 0 amide bonds. The fourth-order valence-corrected chi connectivity index (χ4v) is 2.77. The van der Waals surface area contributed by atoms with E-state index in [2.05, 4.69) is 23.1 Å². The van der Waals surface area contributed by atoms with Crippen LogP contribution in [0, 0.1) is 12.8 Å². The number of hydrogen-bond acceptors (Lipinski definition) is 3. The molecule has 0 aliphatic heterocycles. The Morgan fingerprint density at radius 3 is 2.86 bits per heavy atom. The summed E-state index contributed by atoms with van der Waals surface area (Å²) < 4.78 is 0. The molecule has 1 aromatic heterocycles. The van der Waals surface area contributed by atoms with E-state index in [0.717, 1.165) is 5.92 Å². The van der Waals surface area contributed by atoms with Gasteiger partial charge in [0.2, 0.25) is 0 Å². The predicted octanol–water partition coefficient (Wildman–Crippen LogP) is 2.75. The van der Waals surface area contributed by atoms with Crippen LogP contribution in [0.2, 0.25) is 0 Å². The number of thiophene rings is 1. The standard InChI is InChI=1S/C11H18N2S/c1-8-6-14-7-10(8)11(13-12)5-4-9-2-3-9/h6-7,9,11,13H,2-5,12H2,1H3. The average Bonchev–Trinajstić information content (AvgIpc) is 2.92. The molecule has 0 spiro atoms. The van der Waals surface area contributed by atoms with E-state index in [1.54, 1.807) is 11.3 Å². The van der Waals surface area contributed by atoms with Crippen LogP contribution in [0.4, 0.5) is 0 Å². The lowest BCUT2D eigenvalue weighted by Crippen LogP contribution is -2.28. The molecule has 1 unspecified atom stereocenters. The molecule has 3 heteroatoms. The number of hydrogen-bond donors (Lipinski definition) is 2. The largest absolute Gasteiger partial charge is 0.271 e. The van der Waals surface area contributed by atoms with Crippen molar-refractivity contribution in [1.29, 1.82) is 0 Å². The maximum atomic E-state index is 5.59. The molecular weight excluding hydrogens is 192 g/mol. The topological polar surface area (TPSA) is 38.0 Å². The van der Waals surface area contributed by atoms with Crippen molar-refractivity contribution < 1.29 is 0 Å². The molecule has 2 nitrogen and oxygen atoms in total. The Morgan fingerprint density at radius 1 is 1.57 bits per heavy atom. The number of aryl methyl sites for hydroxylation is 1. The van der Waals surface area contributed by atoms with Crippen LogP contribution >= 0.6 is 11.3 Å². The van der Waals surface area contributed by atoms with Gasteiger partial charge in [0.25, 0.3) is 0 Å². The van der Waals surface area contributed by atoms with Crippen molar-refractivity contribution in [2.45, 2.75) is 38.6 Å². The van der Waals surface area contributed by atoms with Crippen LogP contribution < -0.4 is 11.3 Å². The predicted molar refractivity (Wildman–Crippen MR) is 61.1 cm³/mol. The Kier molecular flexibility index (Phi) is 3.21.